The fraction of sp³-hybridized carbons (Fsp3) is 0.214. The van der Waals surface area contributed by atoms with Crippen molar-refractivity contribution in [1.82, 2.24) is 10.4 Å². The minimum Gasteiger partial charge on any atom is -0.495 e. The summed E-state index contributed by atoms with van der Waals surface area (Å²) in [4.78, 5) is 3.94. The van der Waals surface area contributed by atoms with Crippen LogP contribution in [0.4, 0.5) is 8.78 Å². The van der Waals surface area contributed by atoms with Crippen LogP contribution in [0.15, 0.2) is 36.7 Å². The van der Waals surface area contributed by atoms with Crippen LogP contribution in [-0.2, 0) is 6.42 Å². The minimum atomic E-state index is -0.875. The highest BCUT2D eigenvalue weighted by atomic mass is 19.2. The Kier molecular flexibility index (Phi) is 4.60. The molecule has 20 heavy (non-hydrogen) atoms. The quantitative estimate of drug-likeness (QED) is 0.650. The molecule has 0 bridgehead atoms. The molecule has 6 heteroatoms. The monoisotopic (exact) mass is 279 g/mol. The summed E-state index contributed by atoms with van der Waals surface area (Å²) >= 11 is 0. The zero-order valence-electron chi connectivity index (χ0n) is 10.9. The summed E-state index contributed by atoms with van der Waals surface area (Å²) in [5.41, 5.74) is 3.56. The van der Waals surface area contributed by atoms with Crippen molar-refractivity contribution < 1.29 is 13.5 Å². The number of nitrogens with zero attached hydrogens (tertiary/aromatic N) is 1. The van der Waals surface area contributed by atoms with E-state index in [0.717, 1.165) is 11.6 Å². The molecule has 3 N–H and O–H groups in total. The van der Waals surface area contributed by atoms with Crippen LogP contribution in [-0.4, -0.2) is 12.1 Å². The van der Waals surface area contributed by atoms with E-state index in [1.165, 1.54) is 19.2 Å². The van der Waals surface area contributed by atoms with Gasteiger partial charge in [0.25, 0.3) is 0 Å². The van der Waals surface area contributed by atoms with Crippen molar-refractivity contribution in [1.29, 1.82) is 0 Å². The summed E-state index contributed by atoms with van der Waals surface area (Å²) in [5.74, 6) is 4.32. The number of hydrazine groups is 1. The first kappa shape index (κ1) is 14.4. The van der Waals surface area contributed by atoms with Gasteiger partial charge in [-0.1, -0.05) is 12.1 Å². The molecular weight excluding hydrogens is 264 g/mol. The average molecular weight is 279 g/mol. The summed E-state index contributed by atoms with van der Waals surface area (Å²) in [5, 5.41) is 0. The predicted molar refractivity (Wildman–Crippen MR) is 70.9 cm³/mol. The van der Waals surface area contributed by atoms with Crippen LogP contribution in [0.5, 0.6) is 5.75 Å². The van der Waals surface area contributed by atoms with Crippen molar-refractivity contribution in [2.75, 3.05) is 7.11 Å². The van der Waals surface area contributed by atoms with Gasteiger partial charge >= 0.3 is 0 Å². The van der Waals surface area contributed by atoms with E-state index in [9.17, 15) is 8.78 Å². The van der Waals surface area contributed by atoms with Crippen LogP contribution >= 0.6 is 0 Å². The number of aromatic nitrogens is 1. The van der Waals surface area contributed by atoms with Crippen LogP contribution in [0, 0.1) is 11.6 Å². The Hall–Kier alpha value is -2.05. The van der Waals surface area contributed by atoms with E-state index in [4.69, 9.17) is 10.6 Å². The smallest absolute Gasteiger partial charge is 0.162 e. The summed E-state index contributed by atoms with van der Waals surface area (Å²) in [6.45, 7) is 0. The van der Waals surface area contributed by atoms with Crippen molar-refractivity contribution in [3.05, 3.63) is 59.4 Å². The molecule has 0 radical (unpaired) electrons. The first-order valence-electron chi connectivity index (χ1n) is 6.04. The lowest BCUT2D eigenvalue weighted by molar-refractivity contribution is 0.395. The topological polar surface area (TPSA) is 60.2 Å². The normalized spacial score (nSPS) is 12.2. The maximum Gasteiger partial charge on any atom is 0.162 e. The highest BCUT2D eigenvalue weighted by molar-refractivity contribution is 5.34. The lowest BCUT2D eigenvalue weighted by Crippen LogP contribution is -2.30. The lowest BCUT2D eigenvalue weighted by atomic mass is 9.99. The maximum atomic E-state index is 13.7. The Bertz CT molecular complexity index is 592. The number of nitrogens with one attached hydrogen (secondary N) is 1. The van der Waals surface area contributed by atoms with Gasteiger partial charge in [-0.2, -0.15) is 0 Å². The fourth-order valence-corrected chi connectivity index (χ4v) is 2.03. The number of hydrogen-bond donors (Lipinski definition) is 2. The number of benzene rings is 1. The van der Waals surface area contributed by atoms with E-state index in [-0.39, 0.29) is 12.0 Å². The molecule has 106 valence electrons. The molecular formula is C14H15F2N3O. The number of hydrogen-bond acceptors (Lipinski definition) is 4. The van der Waals surface area contributed by atoms with Crippen LogP contribution < -0.4 is 16.0 Å². The maximum absolute atomic E-state index is 13.7. The predicted octanol–water partition coefficient (Wildman–Crippen LogP) is 2.12. The molecule has 0 amide bonds. The standard InChI is InChI=1S/C14H15F2N3O/c1-20-13-8-18-6-5-10(13)12(19-17)7-9-3-2-4-11(15)14(9)16/h2-6,8,12,19H,7,17H2,1H3. The number of nitrogens with two attached hydrogens (primary N) is 1. The second kappa shape index (κ2) is 6.40. The molecule has 0 spiro atoms. The lowest BCUT2D eigenvalue weighted by Gasteiger charge is -2.19. The summed E-state index contributed by atoms with van der Waals surface area (Å²) in [6, 6.07) is 5.38. The van der Waals surface area contributed by atoms with Gasteiger partial charge in [0.2, 0.25) is 0 Å². The Labute approximate surface area is 115 Å². The van der Waals surface area contributed by atoms with Crippen LogP contribution in [0.2, 0.25) is 0 Å². The molecule has 1 unspecified atom stereocenters. The number of ether oxygens (including phenoxy) is 1. The van der Waals surface area contributed by atoms with Gasteiger partial charge in [0.15, 0.2) is 11.6 Å². The van der Waals surface area contributed by atoms with E-state index in [0.29, 0.717) is 5.75 Å². The molecule has 0 saturated heterocycles. The van der Waals surface area contributed by atoms with Gasteiger partial charge in [-0.05, 0) is 24.1 Å². The summed E-state index contributed by atoms with van der Waals surface area (Å²) in [7, 11) is 1.51. The third kappa shape index (κ3) is 2.92. The van der Waals surface area contributed by atoms with Crippen molar-refractivity contribution in [3.8, 4) is 5.75 Å². The zero-order valence-corrected chi connectivity index (χ0v) is 10.9. The van der Waals surface area contributed by atoms with Crippen LogP contribution in [0.3, 0.4) is 0 Å². The molecule has 1 atom stereocenters. The van der Waals surface area contributed by atoms with Gasteiger partial charge in [0, 0.05) is 11.8 Å². The highest BCUT2D eigenvalue weighted by Gasteiger charge is 2.18. The third-order valence-electron chi connectivity index (χ3n) is 3.07. The van der Waals surface area contributed by atoms with Crippen molar-refractivity contribution >= 4 is 0 Å². The zero-order chi connectivity index (χ0) is 14.5. The second-order valence-corrected chi connectivity index (χ2v) is 4.25. The van der Waals surface area contributed by atoms with Gasteiger partial charge in [-0.15, -0.1) is 0 Å². The van der Waals surface area contributed by atoms with Gasteiger partial charge in [-0.25, -0.2) is 8.78 Å². The molecule has 1 heterocycles. The number of rotatable bonds is 5. The molecule has 0 aliphatic rings. The summed E-state index contributed by atoms with van der Waals surface area (Å²) < 4.78 is 32.1. The van der Waals surface area contributed by atoms with Crippen molar-refractivity contribution in [2.45, 2.75) is 12.5 Å². The van der Waals surface area contributed by atoms with E-state index >= 15 is 0 Å². The van der Waals surface area contributed by atoms with Crippen LogP contribution in [0.25, 0.3) is 0 Å². The Morgan fingerprint density at radius 2 is 2.15 bits per heavy atom. The van der Waals surface area contributed by atoms with Gasteiger partial charge in [0.1, 0.15) is 5.75 Å². The number of methoxy groups -OCH3 is 1. The first-order valence-corrected chi connectivity index (χ1v) is 6.04. The molecule has 0 aliphatic carbocycles. The van der Waals surface area contributed by atoms with E-state index < -0.39 is 17.7 Å². The van der Waals surface area contributed by atoms with Crippen LogP contribution in [0.1, 0.15) is 17.2 Å². The van der Waals surface area contributed by atoms with Crippen molar-refractivity contribution in [3.63, 3.8) is 0 Å². The summed E-state index contributed by atoms with van der Waals surface area (Å²) in [6.07, 6.45) is 3.33. The SMILES string of the molecule is COc1cnccc1C(Cc1cccc(F)c1F)NN. The number of halogens is 2. The Morgan fingerprint density at radius 1 is 1.35 bits per heavy atom. The third-order valence-corrected chi connectivity index (χ3v) is 3.07. The molecule has 0 fully saturated rings. The Balaban J connectivity index is 2.31. The Morgan fingerprint density at radius 3 is 2.85 bits per heavy atom. The first-order chi connectivity index (χ1) is 9.67. The second-order valence-electron chi connectivity index (χ2n) is 4.25. The van der Waals surface area contributed by atoms with Crippen molar-refractivity contribution in [2.24, 2.45) is 5.84 Å². The van der Waals surface area contributed by atoms with E-state index in [1.807, 2.05) is 0 Å². The molecule has 1 aromatic heterocycles. The van der Waals surface area contributed by atoms with Gasteiger partial charge in [0.05, 0.1) is 19.3 Å². The molecule has 4 nitrogen and oxygen atoms in total. The molecule has 0 aliphatic heterocycles. The molecule has 2 aromatic rings. The highest BCUT2D eigenvalue weighted by Crippen LogP contribution is 2.27. The molecule has 0 saturated carbocycles. The van der Waals surface area contributed by atoms with Gasteiger partial charge in [-0.3, -0.25) is 16.3 Å². The van der Waals surface area contributed by atoms with Gasteiger partial charge < -0.3 is 4.74 Å². The fourth-order valence-electron chi connectivity index (χ4n) is 2.03. The largest absolute Gasteiger partial charge is 0.495 e. The average Bonchev–Trinajstić information content (AvgIpc) is 2.49. The molecule has 2 rings (SSSR count). The number of pyridine rings is 1. The molecule has 1 aromatic carbocycles. The van der Waals surface area contributed by atoms with E-state index in [2.05, 4.69) is 10.4 Å². The van der Waals surface area contributed by atoms with E-state index in [1.54, 1.807) is 18.5 Å². The minimum absolute atomic E-state index is 0.195.